The fourth-order valence-electron chi connectivity index (χ4n) is 2.82. The highest BCUT2D eigenvalue weighted by atomic mass is 35.5. The summed E-state index contributed by atoms with van der Waals surface area (Å²) in [5.74, 6) is 0.115. The Hall–Kier alpha value is -2.70. The first-order valence-corrected chi connectivity index (χ1v) is 9.29. The van der Waals surface area contributed by atoms with Crippen LogP contribution in [-0.4, -0.2) is 25.2 Å². The van der Waals surface area contributed by atoms with Crippen LogP contribution in [-0.2, 0) is 9.53 Å². The summed E-state index contributed by atoms with van der Waals surface area (Å²) in [6.07, 6.45) is 0. The van der Waals surface area contributed by atoms with Crippen LogP contribution in [0.15, 0.2) is 59.8 Å². The number of benzene rings is 2. The number of carbonyl (C=O) groups excluding carboxylic acids is 2. The topological polar surface area (TPSA) is 76.7 Å². The van der Waals surface area contributed by atoms with E-state index in [0.29, 0.717) is 27.1 Å². The lowest BCUT2D eigenvalue weighted by atomic mass is 9.95. The third-order valence-electron chi connectivity index (χ3n) is 4.09. The summed E-state index contributed by atoms with van der Waals surface area (Å²) in [7, 11) is 0. The minimum absolute atomic E-state index is 0.0551. The van der Waals surface area contributed by atoms with Gasteiger partial charge in [0, 0.05) is 15.7 Å². The fraction of sp³-hybridized carbons (Fsp3) is 0.200. The van der Waals surface area contributed by atoms with Gasteiger partial charge in [0.25, 0.3) is 0 Å². The van der Waals surface area contributed by atoms with Crippen molar-refractivity contribution in [3.63, 3.8) is 0 Å². The fourth-order valence-corrected chi connectivity index (χ4v) is 3.34. The average molecular weight is 421 g/mol. The van der Waals surface area contributed by atoms with Crippen LogP contribution in [0.1, 0.15) is 18.5 Å². The number of urea groups is 1. The Kier molecular flexibility index (Phi) is 6.44. The standard InChI is InChI=1S/C20H18Cl2N2O4/c1-12-17(19(25)28-10-9-27-14-5-3-2-4-6-14)18(24-20(26)23-12)15-8-7-13(21)11-16(15)22/h2-8,11,18H,9-10H2,1H3,(H2,23,24,26). The van der Waals surface area contributed by atoms with Crippen molar-refractivity contribution in [3.05, 3.63) is 75.4 Å². The predicted molar refractivity (Wildman–Crippen MR) is 106 cm³/mol. The highest BCUT2D eigenvalue weighted by molar-refractivity contribution is 6.35. The maximum Gasteiger partial charge on any atom is 0.338 e. The zero-order valence-corrected chi connectivity index (χ0v) is 16.5. The van der Waals surface area contributed by atoms with E-state index in [1.165, 1.54) is 0 Å². The van der Waals surface area contributed by atoms with Crippen LogP contribution in [0.2, 0.25) is 10.0 Å². The van der Waals surface area contributed by atoms with Gasteiger partial charge >= 0.3 is 12.0 Å². The number of para-hydroxylation sites is 1. The van der Waals surface area contributed by atoms with Gasteiger partial charge in [-0.3, -0.25) is 0 Å². The number of amides is 2. The number of rotatable bonds is 6. The van der Waals surface area contributed by atoms with Crippen molar-refractivity contribution in [2.75, 3.05) is 13.2 Å². The lowest BCUT2D eigenvalue weighted by Gasteiger charge is -2.28. The minimum Gasteiger partial charge on any atom is -0.490 e. The monoisotopic (exact) mass is 420 g/mol. The maximum atomic E-state index is 12.7. The van der Waals surface area contributed by atoms with Crippen molar-refractivity contribution >= 4 is 35.2 Å². The van der Waals surface area contributed by atoms with Crippen molar-refractivity contribution in [1.82, 2.24) is 10.6 Å². The summed E-state index contributed by atoms with van der Waals surface area (Å²) in [6.45, 7) is 1.89. The molecule has 8 heteroatoms. The van der Waals surface area contributed by atoms with Crippen molar-refractivity contribution in [1.29, 1.82) is 0 Å². The Labute approximate surface area is 172 Å². The normalized spacial score (nSPS) is 16.2. The highest BCUT2D eigenvalue weighted by Gasteiger charge is 2.33. The molecule has 2 aromatic carbocycles. The minimum atomic E-state index is -0.749. The number of hydrogen-bond donors (Lipinski definition) is 2. The number of ether oxygens (including phenoxy) is 2. The third kappa shape index (κ3) is 4.77. The molecule has 2 amide bonds. The summed E-state index contributed by atoms with van der Waals surface area (Å²) >= 11 is 12.2. The van der Waals surface area contributed by atoms with Gasteiger partial charge in [-0.1, -0.05) is 47.5 Å². The van der Waals surface area contributed by atoms with Gasteiger partial charge in [0.2, 0.25) is 0 Å². The SMILES string of the molecule is CC1=C(C(=O)OCCOc2ccccc2)C(c2ccc(Cl)cc2Cl)NC(=O)N1. The number of esters is 1. The second-order valence-electron chi connectivity index (χ2n) is 6.03. The molecular formula is C20H18Cl2N2O4. The van der Waals surface area contributed by atoms with E-state index in [1.807, 2.05) is 30.3 Å². The molecule has 28 heavy (non-hydrogen) atoms. The van der Waals surface area contributed by atoms with E-state index in [-0.39, 0.29) is 18.8 Å². The van der Waals surface area contributed by atoms with E-state index < -0.39 is 18.0 Å². The molecule has 0 fully saturated rings. The molecular weight excluding hydrogens is 403 g/mol. The average Bonchev–Trinajstić information content (AvgIpc) is 2.65. The Morgan fingerprint density at radius 3 is 2.57 bits per heavy atom. The summed E-state index contributed by atoms with van der Waals surface area (Å²) in [5.41, 5.74) is 1.21. The molecule has 1 heterocycles. The molecule has 3 rings (SSSR count). The number of nitrogens with one attached hydrogen (secondary N) is 2. The number of carbonyl (C=O) groups is 2. The predicted octanol–water partition coefficient (Wildman–Crippen LogP) is 4.24. The van der Waals surface area contributed by atoms with Crippen LogP contribution < -0.4 is 15.4 Å². The number of hydrogen-bond acceptors (Lipinski definition) is 4. The first-order valence-electron chi connectivity index (χ1n) is 8.54. The molecule has 0 saturated heterocycles. The van der Waals surface area contributed by atoms with E-state index in [4.69, 9.17) is 32.7 Å². The van der Waals surface area contributed by atoms with E-state index in [2.05, 4.69) is 10.6 Å². The molecule has 0 bridgehead atoms. The zero-order valence-electron chi connectivity index (χ0n) is 15.0. The van der Waals surface area contributed by atoms with E-state index in [1.54, 1.807) is 25.1 Å². The van der Waals surface area contributed by atoms with Crippen molar-refractivity contribution in [2.24, 2.45) is 0 Å². The van der Waals surface area contributed by atoms with Gasteiger partial charge in [-0.15, -0.1) is 0 Å². The summed E-state index contributed by atoms with van der Waals surface area (Å²) in [4.78, 5) is 24.6. The summed E-state index contributed by atoms with van der Waals surface area (Å²) in [6, 6.07) is 12.9. The van der Waals surface area contributed by atoms with Crippen LogP contribution in [0.4, 0.5) is 4.79 Å². The van der Waals surface area contributed by atoms with Gasteiger partial charge in [-0.05, 0) is 36.8 Å². The van der Waals surface area contributed by atoms with Crippen LogP contribution in [0.3, 0.4) is 0 Å². The van der Waals surface area contributed by atoms with E-state index in [0.717, 1.165) is 0 Å². The molecule has 0 aromatic heterocycles. The number of allylic oxidation sites excluding steroid dienone is 1. The van der Waals surface area contributed by atoms with Gasteiger partial charge in [-0.2, -0.15) is 0 Å². The molecule has 0 saturated carbocycles. The smallest absolute Gasteiger partial charge is 0.338 e. The van der Waals surface area contributed by atoms with Crippen molar-refractivity contribution in [3.8, 4) is 5.75 Å². The first kappa shape index (κ1) is 20.0. The third-order valence-corrected chi connectivity index (χ3v) is 4.65. The van der Waals surface area contributed by atoms with Crippen LogP contribution in [0.5, 0.6) is 5.75 Å². The maximum absolute atomic E-state index is 12.7. The Bertz CT molecular complexity index is 916. The lowest BCUT2D eigenvalue weighted by Crippen LogP contribution is -2.45. The quantitative estimate of drug-likeness (QED) is 0.540. The van der Waals surface area contributed by atoms with E-state index >= 15 is 0 Å². The Morgan fingerprint density at radius 1 is 1.11 bits per heavy atom. The van der Waals surface area contributed by atoms with Crippen LogP contribution in [0, 0.1) is 0 Å². The lowest BCUT2D eigenvalue weighted by molar-refractivity contribution is -0.140. The largest absolute Gasteiger partial charge is 0.490 e. The van der Waals surface area contributed by atoms with Crippen molar-refractivity contribution in [2.45, 2.75) is 13.0 Å². The first-order chi connectivity index (χ1) is 13.5. The van der Waals surface area contributed by atoms with Gasteiger partial charge in [0.15, 0.2) is 0 Å². The molecule has 0 radical (unpaired) electrons. The Balaban J connectivity index is 1.71. The van der Waals surface area contributed by atoms with Crippen LogP contribution >= 0.6 is 23.2 Å². The van der Waals surface area contributed by atoms with Crippen LogP contribution in [0.25, 0.3) is 0 Å². The molecule has 1 atom stereocenters. The molecule has 1 aliphatic rings. The highest BCUT2D eigenvalue weighted by Crippen LogP contribution is 2.33. The molecule has 2 N–H and O–H groups in total. The van der Waals surface area contributed by atoms with Gasteiger partial charge in [-0.25, -0.2) is 9.59 Å². The Morgan fingerprint density at radius 2 is 1.86 bits per heavy atom. The summed E-state index contributed by atoms with van der Waals surface area (Å²) in [5, 5.41) is 6.08. The van der Waals surface area contributed by atoms with Gasteiger partial charge in [0.1, 0.15) is 19.0 Å². The summed E-state index contributed by atoms with van der Waals surface area (Å²) < 4.78 is 10.9. The molecule has 1 unspecified atom stereocenters. The molecule has 2 aromatic rings. The van der Waals surface area contributed by atoms with Crippen molar-refractivity contribution < 1.29 is 19.1 Å². The van der Waals surface area contributed by atoms with Gasteiger partial charge < -0.3 is 20.1 Å². The molecule has 6 nitrogen and oxygen atoms in total. The molecule has 1 aliphatic heterocycles. The molecule has 0 aliphatic carbocycles. The van der Waals surface area contributed by atoms with E-state index in [9.17, 15) is 9.59 Å². The van der Waals surface area contributed by atoms with Gasteiger partial charge in [0.05, 0.1) is 11.6 Å². The zero-order chi connectivity index (χ0) is 20.1. The molecule has 146 valence electrons. The second kappa shape index (κ2) is 8.99. The molecule has 0 spiro atoms. The number of halogens is 2. The second-order valence-corrected chi connectivity index (χ2v) is 6.88.